The summed E-state index contributed by atoms with van der Waals surface area (Å²) in [5.74, 6) is -4.37. The molecule has 2 aromatic heterocycles. The van der Waals surface area contributed by atoms with E-state index >= 15 is 4.79 Å². The highest BCUT2D eigenvalue weighted by atomic mass is 35.5. The van der Waals surface area contributed by atoms with Crippen LogP contribution >= 0.6 is 34.5 Å². The number of imide groups is 2. The number of aryl methyl sites for hydroxylation is 2. The molecule has 13 heteroatoms. The minimum Gasteiger partial charge on any atom is -0.503 e. The van der Waals surface area contributed by atoms with Crippen molar-refractivity contribution in [3.05, 3.63) is 69.2 Å². The molecule has 270 valence electrons. The molecule has 2 aromatic carbocycles. The van der Waals surface area contributed by atoms with Crippen LogP contribution in [0.2, 0.25) is 10.0 Å². The summed E-state index contributed by atoms with van der Waals surface area (Å²) in [6.45, 7) is 9.33. The molecule has 1 N–H and O–H groups in total. The molecule has 4 aromatic rings. The lowest BCUT2D eigenvalue weighted by Gasteiger charge is -2.49. The van der Waals surface area contributed by atoms with Gasteiger partial charge in [-0.3, -0.25) is 28.8 Å². The van der Waals surface area contributed by atoms with Crippen LogP contribution in [0, 0.1) is 36.0 Å². The van der Waals surface area contributed by atoms with Gasteiger partial charge >= 0.3 is 0 Å². The zero-order valence-corrected chi connectivity index (χ0v) is 32.1. The number of thiophene rings is 1. The zero-order chi connectivity index (χ0) is 37.3. The molecule has 0 bridgehead atoms. The highest BCUT2D eigenvalue weighted by Gasteiger charge is 2.68. The first kappa shape index (κ1) is 34.9. The molecule has 0 radical (unpaired) electrons. The van der Waals surface area contributed by atoms with Crippen molar-refractivity contribution in [3.63, 3.8) is 0 Å². The van der Waals surface area contributed by atoms with E-state index in [-0.39, 0.29) is 34.8 Å². The predicted molar refractivity (Wildman–Crippen MR) is 200 cm³/mol. The number of rotatable bonds is 4. The fourth-order valence-corrected chi connectivity index (χ4v) is 10.9. The molecule has 4 heterocycles. The molecule has 4 aliphatic rings. The van der Waals surface area contributed by atoms with E-state index in [9.17, 15) is 19.5 Å². The number of phenolic OH excluding ortho intramolecular Hbond substituents is 1. The first-order valence-electron chi connectivity index (χ1n) is 17.2. The lowest BCUT2D eigenvalue weighted by Crippen LogP contribution is -2.49. The van der Waals surface area contributed by atoms with E-state index in [1.54, 1.807) is 48.2 Å². The van der Waals surface area contributed by atoms with E-state index in [1.807, 2.05) is 52.0 Å². The molecule has 1 saturated carbocycles. The van der Waals surface area contributed by atoms with E-state index in [2.05, 4.69) is 0 Å². The molecule has 2 saturated heterocycles. The number of halogens is 2. The number of nitrogens with zero attached hydrogens (tertiary/aromatic N) is 4. The quantitative estimate of drug-likeness (QED) is 0.168. The highest BCUT2D eigenvalue weighted by Crippen LogP contribution is 2.64. The number of hydrogen-bond acceptors (Lipinski definition) is 8. The number of hydrogen-bond donors (Lipinski definition) is 1. The number of carbonyl (C=O) groups excluding carboxylic acids is 4. The van der Waals surface area contributed by atoms with Crippen LogP contribution in [0.15, 0.2) is 48.0 Å². The number of benzene rings is 2. The maximum atomic E-state index is 15.1. The van der Waals surface area contributed by atoms with Crippen molar-refractivity contribution in [2.75, 3.05) is 12.0 Å². The molecule has 52 heavy (non-hydrogen) atoms. The molecular weight excluding hydrogens is 723 g/mol. The van der Waals surface area contributed by atoms with Gasteiger partial charge in [0, 0.05) is 34.3 Å². The predicted octanol–water partition coefficient (Wildman–Crippen LogP) is 7.66. The first-order chi connectivity index (χ1) is 24.5. The zero-order valence-electron chi connectivity index (χ0n) is 29.8. The Hall–Kier alpha value is -4.19. The Balaban J connectivity index is 1.27. The molecule has 8 rings (SSSR count). The Labute approximate surface area is 314 Å². The SMILES string of the molecule is COc1cc([C@H]2C3=CC[C@@H]4C(=O)N(C(C)(C)C)C(=O)[C@@H]4[C@@H]3C[C@H]3C(=O)N(c4cc(-c5sc6ccc(Cl)cc6c5C)nn4C)C(=O)[C@@]23C)cc(Cl)c1O. The monoisotopic (exact) mass is 760 g/mol. The summed E-state index contributed by atoms with van der Waals surface area (Å²) in [6.07, 6.45) is 2.52. The van der Waals surface area contributed by atoms with Crippen molar-refractivity contribution in [1.29, 1.82) is 0 Å². The fourth-order valence-electron chi connectivity index (χ4n) is 9.41. The number of phenols is 1. The second-order valence-electron chi connectivity index (χ2n) is 15.6. The molecule has 6 atom stereocenters. The lowest BCUT2D eigenvalue weighted by molar-refractivity contribution is -0.145. The molecule has 2 aliphatic heterocycles. The lowest BCUT2D eigenvalue weighted by atomic mass is 9.51. The summed E-state index contributed by atoms with van der Waals surface area (Å²) in [4.78, 5) is 61.4. The summed E-state index contributed by atoms with van der Waals surface area (Å²) < 4.78 is 8.09. The second kappa shape index (κ2) is 11.7. The third kappa shape index (κ3) is 4.71. The van der Waals surface area contributed by atoms with E-state index in [1.165, 1.54) is 16.9 Å². The first-order valence-corrected chi connectivity index (χ1v) is 18.8. The Morgan fingerprint density at radius 2 is 1.75 bits per heavy atom. The number of aromatic nitrogens is 2. The highest BCUT2D eigenvalue weighted by molar-refractivity contribution is 7.22. The Morgan fingerprint density at radius 3 is 2.44 bits per heavy atom. The van der Waals surface area contributed by atoms with Gasteiger partial charge < -0.3 is 9.84 Å². The molecule has 2 aliphatic carbocycles. The van der Waals surface area contributed by atoms with Gasteiger partial charge in [-0.05, 0) is 100 Å². The van der Waals surface area contributed by atoms with Gasteiger partial charge in [0.25, 0.3) is 0 Å². The van der Waals surface area contributed by atoms with Crippen LogP contribution in [-0.4, -0.2) is 56.1 Å². The van der Waals surface area contributed by atoms with Crippen molar-refractivity contribution in [3.8, 4) is 22.1 Å². The molecular formula is C39H38Cl2N4O6S. The second-order valence-corrected chi connectivity index (χ2v) is 17.5. The van der Waals surface area contributed by atoms with Crippen LogP contribution in [-0.2, 0) is 26.2 Å². The van der Waals surface area contributed by atoms with Crippen molar-refractivity contribution in [2.45, 2.75) is 58.9 Å². The molecule has 3 fully saturated rings. The summed E-state index contributed by atoms with van der Waals surface area (Å²) in [5.41, 5.74) is 0.958. The Kier molecular flexibility index (Phi) is 7.82. The van der Waals surface area contributed by atoms with Gasteiger partial charge in [-0.1, -0.05) is 34.9 Å². The third-order valence-corrected chi connectivity index (χ3v) is 13.6. The number of ether oxygens (including phenoxy) is 1. The number of carbonyl (C=O) groups is 4. The molecule has 0 spiro atoms. The fraction of sp³-hybridized carbons (Fsp3) is 0.410. The summed E-state index contributed by atoms with van der Waals surface area (Å²) in [6, 6.07) is 10.7. The smallest absolute Gasteiger partial charge is 0.242 e. The number of fused-ring (bicyclic) bond motifs is 5. The van der Waals surface area contributed by atoms with Crippen LogP contribution in [0.1, 0.15) is 57.6 Å². The van der Waals surface area contributed by atoms with Gasteiger partial charge in [0.1, 0.15) is 11.5 Å². The van der Waals surface area contributed by atoms with Crippen LogP contribution in [0.5, 0.6) is 11.5 Å². The van der Waals surface area contributed by atoms with Crippen LogP contribution < -0.4 is 9.64 Å². The van der Waals surface area contributed by atoms with Crippen molar-refractivity contribution >= 4 is 74.1 Å². The average Bonchev–Trinajstić information content (AvgIpc) is 3.75. The number of allylic oxidation sites excluding steroid dienone is 2. The van der Waals surface area contributed by atoms with Crippen molar-refractivity contribution in [2.24, 2.45) is 36.1 Å². The number of amides is 4. The van der Waals surface area contributed by atoms with Crippen LogP contribution in [0.4, 0.5) is 5.82 Å². The standard InChI is InChI=1S/C39H38Cl2N4O6S/c1-17-22-14-19(40)8-11-28(22)52-33(17)26-16-29(43(6)42-26)44-35(48)24-15-23-20(9-10-21-30(23)36(49)45(34(21)47)38(2,3)4)31(39(24,5)37(44)50)18-12-25(41)32(46)27(13-18)51-7/h8-9,11-14,16,21,23-24,30-31,46H,10,15H2,1-7H3/t21-,23+,24-,30-,31-,39+/m0/s1. The molecule has 0 unspecified atom stereocenters. The van der Waals surface area contributed by atoms with Crippen molar-refractivity contribution in [1.82, 2.24) is 14.7 Å². The minimum atomic E-state index is -1.32. The number of anilines is 1. The van der Waals surface area contributed by atoms with Crippen LogP contribution in [0.3, 0.4) is 0 Å². The largest absolute Gasteiger partial charge is 0.503 e. The minimum absolute atomic E-state index is 0.0295. The summed E-state index contributed by atoms with van der Waals surface area (Å²) >= 11 is 14.4. The maximum Gasteiger partial charge on any atom is 0.242 e. The van der Waals surface area contributed by atoms with Gasteiger partial charge in [0.2, 0.25) is 23.6 Å². The molecule has 10 nitrogen and oxygen atoms in total. The van der Waals surface area contributed by atoms with E-state index in [0.29, 0.717) is 28.5 Å². The number of methoxy groups -OCH3 is 1. The van der Waals surface area contributed by atoms with E-state index in [0.717, 1.165) is 26.1 Å². The Morgan fingerprint density at radius 1 is 1.02 bits per heavy atom. The van der Waals surface area contributed by atoms with Gasteiger partial charge in [-0.15, -0.1) is 11.3 Å². The number of likely N-dealkylation sites (tertiary alicyclic amines) is 1. The third-order valence-electron chi connectivity index (χ3n) is 11.8. The maximum absolute atomic E-state index is 15.1. The van der Waals surface area contributed by atoms with Gasteiger partial charge in [0.15, 0.2) is 11.5 Å². The topological polar surface area (TPSA) is 122 Å². The van der Waals surface area contributed by atoms with Gasteiger partial charge in [-0.25, -0.2) is 4.90 Å². The van der Waals surface area contributed by atoms with Gasteiger partial charge in [-0.2, -0.15) is 5.10 Å². The average molecular weight is 762 g/mol. The van der Waals surface area contributed by atoms with Crippen LogP contribution in [0.25, 0.3) is 20.7 Å². The van der Waals surface area contributed by atoms with Gasteiger partial charge in [0.05, 0.1) is 40.2 Å². The summed E-state index contributed by atoms with van der Waals surface area (Å²) in [5, 5.41) is 17.1. The Bertz CT molecular complexity index is 2300. The van der Waals surface area contributed by atoms with Crippen molar-refractivity contribution < 1.29 is 29.0 Å². The number of aromatic hydroxyl groups is 1. The summed E-state index contributed by atoms with van der Waals surface area (Å²) in [7, 11) is 3.12. The normalized spacial score (nSPS) is 27.3. The molecule has 4 amide bonds. The van der Waals surface area contributed by atoms with E-state index in [4.69, 9.17) is 33.0 Å². The van der Waals surface area contributed by atoms with E-state index < -0.39 is 52.4 Å².